The summed E-state index contributed by atoms with van der Waals surface area (Å²) in [5.41, 5.74) is 0.964. The molecule has 0 spiro atoms. The molecule has 1 N–H and O–H groups in total. The Morgan fingerprint density at radius 3 is 3.00 bits per heavy atom. The summed E-state index contributed by atoms with van der Waals surface area (Å²) in [6.45, 7) is 0. The third kappa shape index (κ3) is 2.77. The molecule has 1 fully saturated rings. The van der Waals surface area contributed by atoms with E-state index in [4.69, 9.17) is 9.68 Å². The number of hydrogen-bond donors (Lipinski definition) is 1. The first-order valence-electron chi connectivity index (χ1n) is 6.89. The summed E-state index contributed by atoms with van der Waals surface area (Å²) < 4.78 is 5.41. The second kappa shape index (κ2) is 5.75. The van der Waals surface area contributed by atoms with E-state index in [-0.39, 0.29) is 11.6 Å². The van der Waals surface area contributed by atoms with Gasteiger partial charge in [-0.15, -0.1) is 0 Å². The number of anilines is 1. The molecule has 1 amide bonds. The quantitative estimate of drug-likeness (QED) is 0.934. The minimum Gasteiger partial charge on any atom is -0.448 e. The summed E-state index contributed by atoms with van der Waals surface area (Å²) >= 11 is 0. The molecule has 0 radical (unpaired) electrons. The topological polar surface area (TPSA) is 91.8 Å². The highest BCUT2D eigenvalue weighted by atomic mass is 16.3. The first-order valence-corrected chi connectivity index (χ1v) is 6.89. The van der Waals surface area contributed by atoms with Gasteiger partial charge in [-0.3, -0.25) is 9.78 Å². The SMILES string of the molecule is N#Cc1cnccc1NC(=O)c1coc(C2CCCC2)n1. The molecule has 106 valence electrons. The number of rotatable bonds is 3. The molecule has 1 saturated carbocycles. The standard InChI is InChI=1S/C15H14N4O2/c16-7-11-8-17-6-5-12(11)18-14(20)13-9-21-15(19-13)10-3-1-2-4-10/h5-6,8-10H,1-4H2,(H,17,18,20). The van der Waals surface area contributed by atoms with Crippen molar-refractivity contribution in [2.75, 3.05) is 5.32 Å². The van der Waals surface area contributed by atoms with Gasteiger partial charge in [0.1, 0.15) is 12.3 Å². The fourth-order valence-corrected chi connectivity index (χ4v) is 2.53. The molecule has 0 bridgehead atoms. The van der Waals surface area contributed by atoms with E-state index in [0.717, 1.165) is 12.8 Å². The molecule has 0 aliphatic heterocycles. The fourth-order valence-electron chi connectivity index (χ4n) is 2.53. The Morgan fingerprint density at radius 1 is 1.43 bits per heavy atom. The lowest BCUT2D eigenvalue weighted by Crippen LogP contribution is -2.13. The molecule has 1 aliphatic carbocycles. The van der Waals surface area contributed by atoms with Gasteiger partial charge in [-0.25, -0.2) is 4.98 Å². The molecule has 2 aromatic rings. The van der Waals surface area contributed by atoms with Crippen molar-refractivity contribution in [3.05, 3.63) is 41.9 Å². The molecular weight excluding hydrogens is 268 g/mol. The highest BCUT2D eigenvalue weighted by Crippen LogP contribution is 2.33. The molecule has 0 saturated heterocycles. The second-order valence-electron chi connectivity index (χ2n) is 5.04. The van der Waals surface area contributed by atoms with E-state index < -0.39 is 0 Å². The Bertz CT molecular complexity index is 696. The summed E-state index contributed by atoms with van der Waals surface area (Å²) in [6.07, 6.45) is 8.77. The van der Waals surface area contributed by atoms with Crippen LogP contribution in [0.5, 0.6) is 0 Å². The first kappa shape index (κ1) is 13.3. The van der Waals surface area contributed by atoms with Crippen molar-refractivity contribution in [1.29, 1.82) is 5.26 Å². The van der Waals surface area contributed by atoms with Crippen molar-refractivity contribution >= 4 is 11.6 Å². The zero-order valence-electron chi connectivity index (χ0n) is 11.4. The minimum absolute atomic E-state index is 0.234. The number of aromatic nitrogens is 2. The van der Waals surface area contributed by atoms with Crippen LogP contribution in [0.25, 0.3) is 0 Å². The Labute approximate surface area is 121 Å². The molecule has 6 nitrogen and oxygen atoms in total. The van der Waals surface area contributed by atoms with Crippen molar-refractivity contribution in [3.63, 3.8) is 0 Å². The number of carbonyl (C=O) groups excluding carboxylic acids is 1. The summed E-state index contributed by atoms with van der Waals surface area (Å²) in [6, 6.07) is 3.56. The minimum atomic E-state index is -0.384. The van der Waals surface area contributed by atoms with Gasteiger partial charge in [0.2, 0.25) is 0 Å². The van der Waals surface area contributed by atoms with Crippen LogP contribution in [-0.2, 0) is 0 Å². The number of nitrogens with one attached hydrogen (secondary N) is 1. The number of carbonyl (C=O) groups is 1. The highest BCUT2D eigenvalue weighted by molar-refractivity contribution is 6.03. The first-order chi connectivity index (χ1) is 10.3. The van der Waals surface area contributed by atoms with E-state index in [2.05, 4.69) is 15.3 Å². The van der Waals surface area contributed by atoms with Gasteiger partial charge in [-0.1, -0.05) is 12.8 Å². The Balaban J connectivity index is 1.75. The smallest absolute Gasteiger partial charge is 0.277 e. The molecule has 0 unspecified atom stereocenters. The van der Waals surface area contributed by atoms with Crippen LogP contribution in [0.1, 0.15) is 53.5 Å². The van der Waals surface area contributed by atoms with E-state index in [1.54, 1.807) is 6.07 Å². The van der Waals surface area contributed by atoms with Crippen LogP contribution in [0.3, 0.4) is 0 Å². The lowest BCUT2D eigenvalue weighted by Gasteiger charge is -2.04. The number of hydrogen-bond acceptors (Lipinski definition) is 5. The van der Waals surface area contributed by atoms with Crippen molar-refractivity contribution < 1.29 is 9.21 Å². The van der Waals surface area contributed by atoms with Gasteiger partial charge >= 0.3 is 0 Å². The number of nitrogens with zero attached hydrogens (tertiary/aromatic N) is 3. The van der Waals surface area contributed by atoms with E-state index in [0.29, 0.717) is 23.1 Å². The van der Waals surface area contributed by atoms with E-state index in [9.17, 15) is 4.79 Å². The van der Waals surface area contributed by atoms with Gasteiger partial charge in [0.05, 0.1) is 11.3 Å². The largest absolute Gasteiger partial charge is 0.448 e. The lowest BCUT2D eigenvalue weighted by atomic mass is 10.1. The zero-order chi connectivity index (χ0) is 14.7. The Kier molecular flexibility index (Phi) is 3.65. The third-order valence-electron chi connectivity index (χ3n) is 3.65. The molecule has 2 aromatic heterocycles. The van der Waals surface area contributed by atoms with Gasteiger partial charge in [0, 0.05) is 18.3 Å². The van der Waals surface area contributed by atoms with Gasteiger partial charge in [-0.2, -0.15) is 5.26 Å². The number of oxazole rings is 1. The van der Waals surface area contributed by atoms with Gasteiger partial charge in [0.25, 0.3) is 5.91 Å². The summed E-state index contributed by atoms with van der Waals surface area (Å²) in [4.78, 5) is 20.3. The third-order valence-corrected chi connectivity index (χ3v) is 3.65. The van der Waals surface area contributed by atoms with Crippen molar-refractivity contribution in [3.8, 4) is 6.07 Å². The normalized spacial score (nSPS) is 14.8. The second-order valence-corrected chi connectivity index (χ2v) is 5.04. The predicted molar refractivity (Wildman–Crippen MR) is 74.6 cm³/mol. The fraction of sp³-hybridized carbons (Fsp3) is 0.333. The van der Waals surface area contributed by atoms with Crippen LogP contribution < -0.4 is 5.32 Å². The van der Waals surface area contributed by atoms with Gasteiger partial charge in [0.15, 0.2) is 11.6 Å². The monoisotopic (exact) mass is 282 g/mol. The van der Waals surface area contributed by atoms with Crippen LogP contribution in [0.4, 0.5) is 5.69 Å². The lowest BCUT2D eigenvalue weighted by molar-refractivity contribution is 0.102. The Morgan fingerprint density at radius 2 is 2.24 bits per heavy atom. The zero-order valence-corrected chi connectivity index (χ0v) is 11.4. The summed E-state index contributed by atoms with van der Waals surface area (Å²) in [5.74, 6) is 0.570. The van der Waals surface area contributed by atoms with E-state index >= 15 is 0 Å². The molecule has 0 atom stereocenters. The van der Waals surface area contributed by atoms with Crippen LogP contribution in [0.15, 0.2) is 29.1 Å². The average Bonchev–Trinajstić information content (AvgIpc) is 3.18. The summed E-state index contributed by atoms with van der Waals surface area (Å²) in [7, 11) is 0. The van der Waals surface area contributed by atoms with Crippen LogP contribution in [0.2, 0.25) is 0 Å². The molecule has 0 aromatic carbocycles. The van der Waals surface area contributed by atoms with Crippen LogP contribution in [0, 0.1) is 11.3 Å². The van der Waals surface area contributed by atoms with Crippen molar-refractivity contribution in [2.24, 2.45) is 0 Å². The maximum Gasteiger partial charge on any atom is 0.277 e. The molecule has 3 rings (SSSR count). The maximum atomic E-state index is 12.1. The van der Waals surface area contributed by atoms with E-state index in [1.165, 1.54) is 31.5 Å². The Hall–Kier alpha value is -2.68. The molecule has 21 heavy (non-hydrogen) atoms. The summed E-state index contributed by atoms with van der Waals surface area (Å²) in [5, 5.41) is 11.6. The number of amides is 1. The average molecular weight is 282 g/mol. The van der Waals surface area contributed by atoms with Crippen molar-refractivity contribution in [2.45, 2.75) is 31.6 Å². The van der Waals surface area contributed by atoms with Crippen LogP contribution in [-0.4, -0.2) is 15.9 Å². The number of nitriles is 1. The predicted octanol–water partition coefficient (Wildman–Crippen LogP) is 2.85. The molecule has 1 aliphatic rings. The highest BCUT2D eigenvalue weighted by Gasteiger charge is 2.23. The van der Waals surface area contributed by atoms with Gasteiger partial charge in [-0.05, 0) is 18.9 Å². The molecular formula is C15H14N4O2. The number of pyridine rings is 1. The van der Waals surface area contributed by atoms with Crippen LogP contribution >= 0.6 is 0 Å². The molecule has 6 heteroatoms. The molecule has 2 heterocycles. The maximum absolute atomic E-state index is 12.1. The van der Waals surface area contributed by atoms with Crippen molar-refractivity contribution in [1.82, 2.24) is 9.97 Å². The van der Waals surface area contributed by atoms with E-state index in [1.807, 2.05) is 6.07 Å². The van der Waals surface area contributed by atoms with Gasteiger partial charge < -0.3 is 9.73 Å².